The number of para-hydroxylation sites is 2. The fourth-order valence-corrected chi connectivity index (χ4v) is 4.91. The highest BCUT2D eigenvalue weighted by molar-refractivity contribution is 8.18. The number of carbonyl (C=O) groups excluding carboxylic acids is 2. The molecule has 0 atom stereocenters. The molecule has 192 valence electrons. The number of hydrogen-bond acceptors (Lipinski definition) is 7. The molecule has 7 nitrogen and oxygen atoms in total. The SMILES string of the molecule is COc1ccccc1OCCN1C(=O)S/C(=C\c2ccc(OCc3c(Cl)cccc3Cl)c(OC)c2)C1=O. The number of halogens is 2. The van der Waals surface area contributed by atoms with E-state index >= 15 is 0 Å². The van der Waals surface area contributed by atoms with Crippen molar-refractivity contribution in [2.45, 2.75) is 6.61 Å². The Balaban J connectivity index is 1.41. The lowest BCUT2D eigenvalue weighted by Gasteiger charge is -2.14. The van der Waals surface area contributed by atoms with Crippen LogP contribution in [-0.4, -0.2) is 43.4 Å². The highest BCUT2D eigenvalue weighted by Gasteiger charge is 2.34. The minimum absolute atomic E-state index is 0.112. The zero-order chi connectivity index (χ0) is 26.4. The van der Waals surface area contributed by atoms with E-state index in [1.165, 1.54) is 7.11 Å². The number of amides is 2. The highest BCUT2D eigenvalue weighted by atomic mass is 35.5. The summed E-state index contributed by atoms with van der Waals surface area (Å²) < 4.78 is 22.3. The number of rotatable bonds is 10. The molecule has 3 aromatic rings. The fraction of sp³-hybridized carbons (Fsp3) is 0.185. The van der Waals surface area contributed by atoms with Gasteiger partial charge in [-0.1, -0.05) is 47.5 Å². The molecular weight excluding hydrogens is 537 g/mol. The molecule has 0 saturated carbocycles. The van der Waals surface area contributed by atoms with Gasteiger partial charge in [-0.05, 0) is 59.8 Å². The number of thioether (sulfide) groups is 1. The predicted octanol–water partition coefficient (Wildman–Crippen LogP) is 6.70. The van der Waals surface area contributed by atoms with E-state index in [9.17, 15) is 9.59 Å². The Labute approximate surface area is 228 Å². The second-order valence-corrected chi connectivity index (χ2v) is 9.54. The van der Waals surface area contributed by atoms with Crippen LogP contribution in [0.1, 0.15) is 11.1 Å². The van der Waals surface area contributed by atoms with Crippen LogP contribution in [0.5, 0.6) is 23.0 Å². The smallest absolute Gasteiger partial charge is 0.293 e. The number of imide groups is 1. The molecule has 4 rings (SSSR count). The second kappa shape index (κ2) is 12.3. The van der Waals surface area contributed by atoms with Gasteiger partial charge in [0, 0.05) is 15.6 Å². The number of methoxy groups -OCH3 is 2. The molecule has 0 spiro atoms. The van der Waals surface area contributed by atoms with E-state index in [-0.39, 0.29) is 30.9 Å². The van der Waals surface area contributed by atoms with Crippen molar-refractivity contribution < 1.29 is 28.5 Å². The lowest BCUT2D eigenvalue weighted by atomic mass is 10.1. The molecule has 1 heterocycles. The molecule has 37 heavy (non-hydrogen) atoms. The van der Waals surface area contributed by atoms with Crippen molar-refractivity contribution in [2.75, 3.05) is 27.4 Å². The number of hydrogen-bond donors (Lipinski definition) is 0. The van der Waals surface area contributed by atoms with Crippen molar-refractivity contribution >= 4 is 52.2 Å². The van der Waals surface area contributed by atoms with E-state index in [1.807, 2.05) is 12.1 Å². The van der Waals surface area contributed by atoms with Gasteiger partial charge in [-0.15, -0.1) is 0 Å². The molecule has 0 unspecified atom stereocenters. The fourth-order valence-electron chi connectivity index (χ4n) is 3.54. The normalized spacial score (nSPS) is 14.3. The zero-order valence-electron chi connectivity index (χ0n) is 20.0. The third-order valence-electron chi connectivity index (χ3n) is 5.43. The van der Waals surface area contributed by atoms with Gasteiger partial charge in [0.2, 0.25) is 0 Å². The van der Waals surface area contributed by atoms with E-state index in [1.54, 1.807) is 61.7 Å². The van der Waals surface area contributed by atoms with Crippen LogP contribution in [0, 0.1) is 0 Å². The van der Waals surface area contributed by atoms with E-state index < -0.39 is 0 Å². The molecular formula is C27H23Cl2NO6S. The average molecular weight is 560 g/mol. The molecule has 0 radical (unpaired) electrons. The van der Waals surface area contributed by atoms with Crippen LogP contribution in [0.4, 0.5) is 4.79 Å². The quantitative estimate of drug-likeness (QED) is 0.255. The third-order valence-corrected chi connectivity index (χ3v) is 7.05. The Kier molecular flexibility index (Phi) is 8.87. The molecule has 1 aliphatic rings. The Morgan fingerprint density at radius 2 is 1.51 bits per heavy atom. The van der Waals surface area contributed by atoms with E-state index in [4.69, 9.17) is 42.1 Å². The topological polar surface area (TPSA) is 74.3 Å². The zero-order valence-corrected chi connectivity index (χ0v) is 22.4. The predicted molar refractivity (Wildman–Crippen MR) is 145 cm³/mol. The molecule has 10 heteroatoms. The summed E-state index contributed by atoms with van der Waals surface area (Å²) >= 11 is 13.3. The lowest BCUT2D eigenvalue weighted by molar-refractivity contribution is -0.123. The first-order valence-electron chi connectivity index (χ1n) is 11.2. The molecule has 0 aliphatic carbocycles. The molecule has 0 bridgehead atoms. The maximum absolute atomic E-state index is 12.9. The molecule has 1 fully saturated rings. The summed E-state index contributed by atoms with van der Waals surface area (Å²) in [6, 6.07) is 17.6. The van der Waals surface area contributed by atoms with Crippen molar-refractivity contribution in [1.82, 2.24) is 4.90 Å². The number of carbonyl (C=O) groups is 2. The van der Waals surface area contributed by atoms with Gasteiger partial charge in [-0.2, -0.15) is 0 Å². The van der Waals surface area contributed by atoms with Gasteiger partial charge < -0.3 is 18.9 Å². The van der Waals surface area contributed by atoms with Crippen molar-refractivity contribution in [3.8, 4) is 23.0 Å². The third kappa shape index (κ3) is 6.33. The standard InChI is InChI=1S/C27H23Cl2NO6S/c1-33-21-8-3-4-9-22(21)35-13-12-30-26(31)25(37-27(30)32)15-17-10-11-23(24(14-17)34-2)36-16-18-19(28)6-5-7-20(18)29/h3-11,14-15H,12-13,16H2,1-2H3/b25-15-. The monoisotopic (exact) mass is 559 g/mol. The molecule has 1 saturated heterocycles. The maximum Gasteiger partial charge on any atom is 0.293 e. The number of benzene rings is 3. The Bertz CT molecular complexity index is 1330. The van der Waals surface area contributed by atoms with E-state index in [0.29, 0.717) is 49.1 Å². The summed E-state index contributed by atoms with van der Waals surface area (Å²) in [7, 11) is 3.07. The van der Waals surface area contributed by atoms with Crippen LogP contribution in [0.3, 0.4) is 0 Å². The van der Waals surface area contributed by atoms with Crippen molar-refractivity contribution in [2.24, 2.45) is 0 Å². The van der Waals surface area contributed by atoms with Crippen LogP contribution >= 0.6 is 35.0 Å². The summed E-state index contributed by atoms with van der Waals surface area (Å²) in [5.41, 5.74) is 1.34. The summed E-state index contributed by atoms with van der Waals surface area (Å²) in [6.45, 7) is 0.409. The highest BCUT2D eigenvalue weighted by Crippen LogP contribution is 2.35. The average Bonchev–Trinajstić information content (AvgIpc) is 3.16. The van der Waals surface area contributed by atoms with Gasteiger partial charge in [0.15, 0.2) is 23.0 Å². The van der Waals surface area contributed by atoms with Gasteiger partial charge in [-0.25, -0.2) is 0 Å². The van der Waals surface area contributed by atoms with Crippen LogP contribution in [-0.2, 0) is 11.4 Å². The van der Waals surface area contributed by atoms with Crippen LogP contribution < -0.4 is 18.9 Å². The van der Waals surface area contributed by atoms with Gasteiger partial charge in [0.1, 0.15) is 13.2 Å². The summed E-state index contributed by atoms with van der Waals surface area (Å²) in [5, 5.41) is 0.655. The first-order chi connectivity index (χ1) is 17.9. The molecule has 1 aliphatic heterocycles. The molecule has 0 N–H and O–H groups in total. The molecule has 0 aromatic heterocycles. The Hall–Kier alpha value is -3.33. The Morgan fingerprint density at radius 3 is 2.22 bits per heavy atom. The van der Waals surface area contributed by atoms with Gasteiger partial charge >= 0.3 is 0 Å². The lowest BCUT2D eigenvalue weighted by Crippen LogP contribution is -2.32. The van der Waals surface area contributed by atoms with Crippen LogP contribution in [0.25, 0.3) is 6.08 Å². The largest absolute Gasteiger partial charge is 0.493 e. The first-order valence-corrected chi connectivity index (χ1v) is 12.7. The van der Waals surface area contributed by atoms with E-state index in [0.717, 1.165) is 16.7 Å². The van der Waals surface area contributed by atoms with Gasteiger partial charge in [0.25, 0.3) is 11.1 Å². The summed E-state index contributed by atoms with van der Waals surface area (Å²) in [6.07, 6.45) is 1.64. The van der Waals surface area contributed by atoms with Crippen molar-refractivity contribution in [1.29, 1.82) is 0 Å². The van der Waals surface area contributed by atoms with Gasteiger partial charge in [-0.3, -0.25) is 14.5 Å². The van der Waals surface area contributed by atoms with Gasteiger partial charge in [0.05, 0.1) is 25.7 Å². The van der Waals surface area contributed by atoms with E-state index in [2.05, 4.69) is 0 Å². The second-order valence-electron chi connectivity index (χ2n) is 7.73. The van der Waals surface area contributed by atoms with Crippen molar-refractivity contribution in [3.05, 3.63) is 86.7 Å². The first kappa shape index (κ1) is 26.7. The molecule has 2 amide bonds. The number of ether oxygens (including phenoxy) is 4. The Morgan fingerprint density at radius 1 is 0.838 bits per heavy atom. The molecule has 3 aromatic carbocycles. The summed E-state index contributed by atoms with van der Waals surface area (Å²) in [5.74, 6) is 1.68. The van der Waals surface area contributed by atoms with Crippen LogP contribution in [0.15, 0.2) is 65.6 Å². The minimum atomic E-state index is -0.383. The number of nitrogens with zero attached hydrogens (tertiary/aromatic N) is 1. The maximum atomic E-state index is 12.9. The van der Waals surface area contributed by atoms with Crippen LogP contribution in [0.2, 0.25) is 10.0 Å². The minimum Gasteiger partial charge on any atom is -0.493 e. The summed E-state index contributed by atoms with van der Waals surface area (Å²) in [4.78, 5) is 26.8. The van der Waals surface area contributed by atoms with Crippen molar-refractivity contribution in [3.63, 3.8) is 0 Å².